The van der Waals surface area contributed by atoms with E-state index in [9.17, 15) is 18.0 Å². The maximum atomic E-state index is 13.4. The number of carbonyl (C=O) groups excluding carboxylic acids is 1. The van der Waals surface area contributed by atoms with Crippen LogP contribution in [-0.2, 0) is 6.18 Å². The van der Waals surface area contributed by atoms with Crippen LogP contribution in [0.1, 0.15) is 48.9 Å². The molecule has 0 unspecified atom stereocenters. The molecule has 2 aromatic rings. The molecule has 0 aliphatic carbocycles. The van der Waals surface area contributed by atoms with Crippen LogP contribution in [0.15, 0.2) is 18.2 Å². The first-order valence-corrected chi connectivity index (χ1v) is 9.85. The number of hydrogen-bond donors (Lipinski definition) is 1. The van der Waals surface area contributed by atoms with Gasteiger partial charge < -0.3 is 14.8 Å². The van der Waals surface area contributed by atoms with Crippen LogP contribution in [0.25, 0.3) is 11.0 Å². The second kappa shape index (κ2) is 7.06. The first-order valence-electron chi connectivity index (χ1n) is 9.85. The summed E-state index contributed by atoms with van der Waals surface area (Å²) in [6, 6.07) is 4.32. The van der Waals surface area contributed by atoms with E-state index >= 15 is 0 Å². The number of imidazole rings is 1. The smallest absolute Gasteiger partial charge is 0.339 e. The summed E-state index contributed by atoms with van der Waals surface area (Å²) in [5.74, 6) is 0.174. The molecule has 1 amide bonds. The summed E-state index contributed by atoms with van der Waals surface area (Å²) in [6.45, 7) is 6.77. The zero-order chi connectivity index (χ0) is 20.1. The number of hydrogen-bond acceptors (Lipinski definition) is 3. The van der Waals surface area contributed by atoms with Gasteiger partial charge in [-0.25, -0.2) is 4.98 Å². The molecular weight excluding hydrogens is 369 g/mol. The lowest BCUT2D eigenvalue weighted by Gasteiger charge is -2.21. The van der Waals surface area contributed by atoms with E-state index in [1.165, 1.54) is 10.6 Å². The van der Waals surface area contributed by atoms with Gasteiger partial charge in [-0.05, 0) is 69.8 Å². The van der Waals surface area contributed by atoms with Crippen LogP contribution in [0.2, 0.25) is 0 Å². The van der Waals surface area contributed by atoms with Gasteiger partial charge in [0.25, 0.3) is 5.91 Å². The van der Waals surface area contributed by atoms with Crippen molar-refractivity contribution in [2.24, 2.45) is 11.8 Å². The number of likely N-dealkylation sites (tertiary alicyclic amines) is 1. The van der Waals surface area contributed by atoms with Crippen LogP contribution >= 0.6 is 0 Å². The van der Waals surface area contributed by atoms with Crippen LogP contribution in [0.4, 0.5) is 13.2 Å². The van der Waals surface area contributed by atoms with Crippen molar-refractivity contribution in [2.45, 2.75) is 38.9 Å². The minimum Gasteiger partial charge on any atom is -0.339 e. The quantitative estimate of drug-likeness (QED) is 0.845. The third-order valence-corrected chi connectivity index (χ3v) is 6.01. The SMILES string of the molecule is CC(C)n1c(C(F)(F)F)nc2cc(C(=O)N3CC[C@@H]4CNC[C@@H]4CC3)ccc21. The highest BCUT2D eigenvalue weighted by atomic mass is 19.4. The lowest BCUT2D eigenvalue weighted by atomic mass is 9.92. The van der Waals surface area contributed by atoms with Gasteiger partial charge >= 0.3 is 6.18 Å². The van der Waals surface area contributed by atoms with E-state index in [1.54, 1.807) is 26.0 Å². The monoisotopic (exact) mass is 394 g/mol. The van der Waals surface area contributed by atoms with E-state index in [-0.39, 0.29) is 17.5 Å². The predicted octanol–water partition coefficient (Wildman–Crippen LogP) is 3.71. The molecular formula is C20H25F3N4O. The van der Waals surface area contributed by atoms with Gasteiger partial charge in [0.15, 0.2) is 0 Å². The first-order chi connectivity index (χ1) is 13.3. The second-order valence-corrected chi connectivity index (χ2v) is 8.15. The van der Waals surface area contributed by atoms with Crippen molar-refractivity contribution in [2.75, 3.05) is 26.2 Å². The van der Waals surface area contributed by atoms with Gasteiger partial charge in [0.2, 0.25) is 5.82 Å². The molecule has 2 aliphatic rings. The Morgan fingerprint density at radius 2 is 1.82 bits per heavy atom. The maximum absolute atomic E-state index is 13.4. The number of fused-ring (bicyclic) bond motifs is 2. The third-order valence-electron chi connectivity index (χ3n) is 6.01. The lowest BCUT2D eigenvalue weighted by molar-refractivity contribution is -0.147. The second-order valence-electron chi connectivity index (χ2n) is 8.15. The minimum atomic E-state index is -4.54. The number of rotatable bonds is 2. The van der Waals surface area contributed by atoms with Crippen molar-refractivity contribution < 1.29 is 18.0 Å². The van der Waals surface area contributed by atoms with Crippen molar-refractivity contribution in [3.63, 3.8) is 0 Å². The molecule has 5 nitrogen and oxygen atoms in total. The van der Waals surface area contributed by atoms with Gasteiger partial charge in [0.05, 0.1) is 11.0 Å². The highest BCUT2D eigenvalue weighted by Crippen LogP contribution is 2.34. The van der Waals surface area contributed by atoms with Gasteiger partial charge in [-0.1, -0.05) is 0 Å². The molecule has 152 valence electrons. The molecule has 2 saturated heterocycles. The van der Waals surface area contributed by atoms with Crippen LogP contribution in [0.3, 0.4) is 0 Å². The van der Waals surface area contributed by atoms with Crippen molar-refractivity contribution in [3.8, 4) is 0 Å². The maximum Gasteiger partial charge on any atom is 0.449 e. The van der Waals surface area contributed by atoms with Gasteiger partial charge in [-0.15, -0.1) is 0 Å². The normalized spacial score (nSPS) is 23.3. The van der Waals surface area contributed by atoms with Crippen LogP contribution in [0, 0.1) is 11.8 Å². The number of aromatic nitrogens is 2. The van der Waals surface area contributed by atoms with Crippen LogP contribution in [0.5, 0.6) is 0 Å². The Labute approximate surface area is 161 Å². The summed E-state index contributed by atoms with van der Waals surface area (Å²) >= 11 is 0. The molecule has 8 heteroatoms. The summed E-state index contributed by atoms with van der Waals surface area (Å²) in [6.07, 6.45) is -2.61. The molecule has 2 atom stereocenters. The first kappa shape index (κ1) is 19.2. The van der Waals surface area contributed by atoms with Crippen LogP contribution < -0.4 is 5.32 Å². The van der Waals surface area contributed by atoms with E-state index in [0.29, 0.717) is 36.0 Å². The topological polar surface area (TPSA) is 50.2 Å². The molecule has 2 fully saturated rings. The Bertz CT molecular complexity index is 875. The fourth-order valence-corrected chi connectivity index (χ4v) is 4.56. The molecule has 0 saturated carbocycles. The zero-order valence-corrected chi connectivity index (χ0v) is 16.1. The summed E-state index contributed by atoms with van der Waals surface area (Å²) < 4.78 is 41.4. The number of carbonyl (C=O) groups is 1. The Kier molecular flexibility index (Phi) is 4.85. The molecule has 1 aromatic carbocycles. The fraction of sp³-hybridized carbons (Fsp3) is 0.600. The van der Waals surface area contributed by atoms with E-state index in [2.05, 4.69) is 10.3 Å². The molecule has 3 heterocycles. The summed E-state index contributed by atoms with van der Waals surface area (Å²) in [4.78, 5) is 18.6. The van der Waals surface area contributed by atoms with Gasteiger partial charge in [-0.3, -0.25) is 4.79 Å². The number of nitrogens with one attached hydrogen (secondary N) is 1. The average Bonchev–Trinajstić information content (AvgIpc) is 3.19. The van der Waals surface area contributed by atoms with Crippen molar-refractivity contribution >= 4 is 16.9 Å². The number of halogens is 3. The third kappa shape index (κ3) is 3.38. The largest absolute Gasteiger partial charge is 0.449 e. The molecule has 2 aliphatic heterocycles. The zero-order valence-electron chi connectivity index (χ0n) is 16.1. The van der Waals surface area contributed by atoms with Gasteiger partial charge in [0, 0.05) is 24.7 Å². The molecule has 0 bridgehead atoms. The highest BCUT2D eigenvalue weighted by Gasteiger charge is 2.38. The lowest BCUT2D eigenvalue weighted by Crippen LogP contribution is -2.32. The van der Waals surface area contributed by atoms with Crippen molar-refractivity contribution in [1.29, 1.82) is 0 Å². The van der Waals surface area contributed by atoms with Crippen LogP contribution in [-0.4, -0.2) is 46.5 Å². The van der Waals surface area contributed by atoms with E-state index < -0.39 is 12.0 Å². The van der Waals surface area contributed by atoms with Gasteiger partial charge in [0.1, 0.15) is 0 Å². The Balaban J connectivity index is 1.63. The standard InChI is InChI=1S/C20H25F3N4O/c1-12(2)27-17-4-3-13(9-16(17)25-19(27)20(21,22)23)18(28)26-7-5-14-10-24-11-15(14)6-8-26/h3-4,9,12,14-15,24H,5-8,10-11H2,1-2H3/t14-,15+. The predicted molar refractivity (Wildman–Crippen MR) is 100 cm³/mol. The summed E-state index contributed by atoms with van der Waals surface area (Å²) in [7, 11) is 0. The molecule has 4 rings (SSSR count). The average molecular weight is 394 g/mol. The number of benzene rings is 1. The van der Waals surface area contributed by atoms with Crippen molar-refractivity contribution in [1.82, 2.24) is 19.8 Å². The van der Waals surface area contributed by atoms with E-state index in [1.807, 2.05) is 4.90 Å². The minimum absolute atomic E-state index is 0.123. The molecule has 0 radical (unpaired) electrons. The number of alkyl halides is 3. The van der Waals surface area contributed by atoms with E-state index in [0.717, 1.165) is 25.9 Å². The highest BCUT2D eigenvalue weighted by molar-refractivity contribution is 5.97. The molecule has 1 N–H and O–H groups in total. The fourth-order valence-electron chi connectivity index (χ4n) is 4.56. The summed E-state index contributed by atoms with van der Waals surface area (Å²) in [5, 5.41) is 3.41. The van der Waals surface area contributed by atoms with Gasteiger partial charge in [-0.2, -0.15) is 13.2 Å². The molecule has 1 aromatic heterocycles. The number of amides is 1. The van der Waals surface area contributed by atoms with E-state index in [4.69, 9.17) is 0 Å². The molecule has 28 heavy (non-hydrogen) atoms. The van der Waals surface area contributed by atoms with Crippen molar-refractivity contribution in [3.05, 3.63) is 29.6 Å². The Morgan fingerprint density at radius 3 is 2.39 bits per heavy atom. The Morgan fingerprint density at radius 1 is 1.18 bits per heavy atom. The summed E-state index contributed by atoms with van der Waals surface area (Å²) in [5.41, 5.74) is 1.01. The Hall–Kier alpha value is -2.09. The molecule has 0 spiro atoms. The number of nitrogens with zero attached hydrogens (tertiary/aromatic N) is 3.